The number of carbonyl (C=O) groups is 1. The summed E-state index contributed by atoms with van der Waals surface area (Å²) in [4.78, 5) is 18.9. The van der Waals surface area contributed by atoms with E-state index in [4.69, 9.17) is 0 Å². The molecular formula is C16H10F6N4O2S. The van der Waals surface area contributed by atoms with Crippen molar-refractivity contribution in [3.63, 3.8) is 0 Å². The summed E-state index contributed by atoms with van der Waals surface area (Å²) in [6.07, 6.45) is -10.6. The van der Waals surface area contributed by atoms with Crippen molar-refractivity contribution in [1.29, 1.82) is 0 Å². The summed E-state index contributed by atoms with van der Waals surface area (Å²) in [5, 5.41) is 6.53. The quantitative estimate of drug-likeness (QED) is 0.465. The first-order valence-corrected chi connectivity index (χ1v) is 8.69. The Kier molecular flexibility index (Phi) is 5.86. The van der Waals surface area contributed by atoms with E-state index in [9.17, 15) is 31.1 Å². The first-order chi connectivity index (χ1) is 13.6. The van der Waals surface area contributed by atoms with Gasteiger partial charge in [0, 0.05) is 17.4 Å². The predicted octanol–water partition coefficient (Wildman–Crippen LogP) is 4.09. The monoisotopic (exact) mass is 436 g/mol. The summed E-state index contributed by atoms with van der Waals surface area (Å²) in [6.45, 7) is 0. The average Bonchev–Trinajstić information content (AvgIpc) is 3.31. The number of aromatic nitrogens is 3. The Bertz CT molecular complexity index is 986. The van der Waals surface area contributed by atoms with E-state index < -0.39 is 30.7 Å². The zero-order valence-corrected chi connectivity index (χ0v) is 14.9. The number of nitrogens with zero attached hydrogens (tertiary/aromatic N) is 3. The van der Waals surface area contributed by atoms with Gasteiger partial charge in [-0.1, -0.05) is 29.4 Å². The molecule has 0 aliphatic heterocycles. The standard InChI is InChI=1S/C16H10F6N4O2S/c17-11(18)12(19)24-14(27)9-6-29-10(23-9)5-7-1-3-8(4-2-7)13-25-15(28-26-13)16(20,21)22/h1-4,6,11-12H,5H2,(H,24,27). The first kappa shape index (κ1) is 20.8. The van der Waals surface area contributed by atoms with Crippen LogP contribution in [0, 0.1) is 0 Å². The van der Waals surface area contributed by atoms with Crippen LogP contribution in [0.3, 0.4) is 0 Å². The van der Waals surface area contributed by atoms with Gasteiger partial charge >= 0.3 is 12.1 Å². The van der Waals surface area contributed by atoms with Gasteiger partial charge in [0.2, 0.25) is 12.1 Å². The smallest absolute Gasteiger partial charge is 0.329 e. The second-order valence-electron chi connectivity index (χ2n) is 5.63. The van der Waals surface area contributed by atoms with Crippen molar-refractivity contribution in [2.75, 3.05) is 0 Å². The zero-order chi connectivity index (χ0) is 21.2. The minimum Gasteiger partial charge on any atom is -0.329 e. The maximum absolute atomic E-state index is 12.9. The molecule has 0 radical (unpaired) electrons. The lowest BCUT2D eigenvalue weighted by Gasteiger charge is -2.07. The summed E-state index contributed by atoms with van der Waals surface area (Å²) in [5.41, 5.74) is 0.801. The van der Waals surface area contributed by atoms with E-state index in [1.807, 2.05) is 0 Å². The zero-order valence-electron chi connectivity index (χ0n) is 14.1. The molecule has 1 amide bonds. The van der Waals surface area contributed by atoms with Crippen molar-refractivity contribution in [2.45, 2.75) is 25.3 Å². The molecule has 3 aromatic rings. The van der Waals surface area contributed by atoms with Crippen LogP contribution >= 0.6 is 11.3 Å². The largest absolute Gasteiger partial charge is 0.471 e. The third kappa shape index (κ3) is 5.10. The van der Waals surface area contributed by atoms with Gasteiger partial charge in [0.05, 0.1) is 5.01 Å². The number of hydrogen-bond donors (Lipinski definition) is 1. The lowest BCUT2D eigenvalue weighted by atomic mass is 10.1. The highest BCUT2D eigenvalue weighted by Crippen LogP contribution is 2.29. The number of benzene rings is 1. The van der Waals surface area contributed by atoms with Crippen LogP contribution in [0.15, 0.2) is 34.2 Å². The number of halogens is 6. The summed E-state index contributed by atoms with van der Waals surface area (Å²) >= 11 is 1.07. The molecule has 1 atom stereocenters. The minimum absolute atomic E-state index is 0.198. The molecule has 1 aromatic carbocycles. The Morgan fingerprint density at radius 2 is 1.83 bits per heavy atom. The first-order valence-electron chi connectivity index (χ1n) is 7.81. The Hall–Kier alpha value is -2.96. The van der Waals surface area contributed by atoms with Crippen LogP contribution < -0.4 is 5.32 Å². The lowest BCUT2D eigenvalue weighted by Crippen LogP contribution is -2.36. The van der Waals surface area contributed by atoms with Gasteiger partial charge in [-0.15, -0.1) is 11.3 Å². The van der Waals surface area contributed by atoms with E-state index in [2.05, 4.69) is 19.6 Å². The minimum atomic E-state index is -4.74. The van der Waals surface area contributed by atoms with Crippen LogP contribution in [0.4, 0.5) is 26.3 Å². The molecule has 0 fully saturated rings. The summed E-state index contributed by atoms with van der Waals surface area (Å²) in [7, 11) is 0. The van der Waals surface area contributed by atoms with Gasteiger partial charge in [-0.05, 0) is 5.56 Å². The molecule has 13 heteroatoms. The van der Waals surface area contributed by atoms with Crippen LogP contribution in [-0.4, -0.2) is 33.8 Å². The second-order valence-corrected chi connectivity index (χ2v) is 6.57. The van der Waals surface area contributed by atoms with Crippen LogP contribution in [0.2, 0.25) is 0 Å². The molecular weight excluding hydrogens is 426 g/mol. The SMILES string of the molecule is O=C(NC(F)C(F)F)c1csc(Cc2ccc(-c3noc(C(F)(F)F)n3)cc2)n1. The second kappa shape index (κ2) is 8.19. The number of amides is 1. The Labute approximate surface area is 162 Å². The molecule has 1 N–H and O–H groups in total. The number of nitrogens with one attached hydrogen (secondary N) is 1. The summed E-state index contributed by atoms with van der Waals surface area (Å²) in [5.74, 6) is -2.74. The van der Waals surface area contributed by atoms with Crippen LogP contribution in [0.25, 0.3) is 11.4 Å². The third-order valence-corrected chi connectivity index (χ3v) is 4.36. The number of alkyl halides is 6. The highest BCUT2D eigenvalue weighted by Gasteiger charge is 2.38. The van der Waals surface area contributed by atoms with Gasteiger partial charge in [-0.25, -0.2) is 18.2 Å². The van der Waals surface area contributed by atoms with E-state index >= 15 is 0 Å². The van der Waals surface area contributed by atoms with E-state index in [1.54, 1.807) is 12.1 Å². The Morgan fingerprint density at radius 3 is 2.41 bits per heavy atom. The number of rotatable bonds is 6. The molecule has 3 rings (SSSR count). The lowest BCUT2D eigenvalue weighted by molar-refractivity contribution is -0.159. The molecule has 0 saturated carbocycles. The van der Waals surface area contributed by atoms with E-state index in [1.165, 1.54) is 22.8 Å². The number of thiazole rings is 1. The average molecular weight is 436 g/mol. The van der Waals surface area contributed by atoms with Crippen LogP contribution in [0.5, 0.6) is 0 Å². The Morgan fingerprint density at radius 1 is 1.14 bits per heavy atom. The van der Waals surface area contributed by atoms with Gasteiger partial charge in [-0.2, -0.15) is 18.2 Å². The van der Waals surface area contributed by atoms with Gasteiger partial charge < -0.3 is 9.84 Å². The van der Waals surface area contributed by atoms with E-state index in [0.717, 1.165) is 11.3 Å². The van der Waals surface area contributed by atoms with Gasteiger partial charge in [0.15, 0.2) is 0 Å². The van der Waals surface area contributed by atoms with Gasteiger partial charge in [0.25, 0.3) is 12.3 Å². The number of carbonyl (C=O) groups excluding carboxylic acids is 1. The Balaban J connectivity index is 1.65. The van der Waals surface area contributed by atoms with Crippen molar-refractivity contribution in [3.8, 4) is 11.4 Å². The van der Waals surface area contributed by atoms with Crippen molar-refractivity contribution in [1.82, 2.24) is 20.4 Å². The van der Waals surface area contributed by atoms with E-state index in [-0.39, 0.29) is 17.9 Å². The third-order valence-electron chi connectivity index (χ3n) is 3.51. The highest BCUT2D eigenvalue weighted by atomic mass is 32.1. The molecule has 0 aliphatic rings. The van der Waals surface area contributed by atoms with Gasteiger partial charge in [-0.3, -0.25) is 4.79 Å². The number of hydrogen-bond acceptors (Lipinski definition) is 6. The molecule has 0 bridgehead atoms. The topological polar surface area (TPSA) is 80.9 Å². The van der Waals surface area contributed by atoms with Crippen molar-refractivity contribution >= 4 is 17.2 Å². The molecule has 2 heterocycles. The normalized spacial score (nSPS) is 12.9. The maximum Gasteiger partial charge on any atom is 0.471 e. The maximum atomic E-state index is 12.9. The molecule has 0 aliphatic carbocycles. The van der Waals surface area contributed by atoms with Crippen molar-refractivity contribution < 1.29 is 35.7 Å². The highest BCUT2D eigenvalue weighted by molar-refractivity contribution is 7.09. The molecule has 2 aromatic heterocycles. The molecule has 6 nitrogen and oxygen atoms in total. The van der Waals surface area contributed by atoms with Crippen molar-refractivity contribution in [2.24, 2.45) is 0 Å². The van der Waals surface area contributed by atoms with E-state index in [0.29, 0.717) is 16.1 Å². The molecule has 29 heavy (non-hydrogen) atoms. The fourth-order valence-electron chi connectivity index (χ4n) is 2.16. The molecule has 154 valence electrons. The summed E-state index contributed by atoms with van der Waals surface area (Å²) < 4.78 is 78.8. The van der Waals surface area contributed by atoms with Crippen LogP contribution in [-0.2, 0) is 12.6 Å². The summed E-state index contributed by atoms with van der Waals surface area (Å²) in [6, 6.07) is 6.15. The molecule has 0 spiro atoms. The van der Waals surface area contributed by atoms with Gasteiger partial charge in [0.1, 0.15) is 5.69 Å². The fraction of sp³-hybridized carbons (Fsp3) is 0.250. The molecule has 1 unspecified atom stereocenters. The molecule has 0 saturated heterocycles. The van der Waals surface area contributed by atoms with Crippen LogP contribution in [0.1, 0.15) is 27.0 Å². The van der Waals surface area contributed by atoms with Crippen molar-refractivity contribution in [3.05, 3.63) is 51.8 Å². The fourth-order valence-corrected chi connectivity index (χ4v) is 2.97. The predicted molar refractivity (Wildman–Crippen MR) is 88.0 cm³/mol.